The number of nitrogens with one attached hydrogen (secondary N) is 1. The lowest BCUT2D eigenvalue weighted by Crippen LogP contribution is -2.28. The molecule has 0 saturated carbocycles. The van der Waals surface area contributed by atoms with Crippen LogP contribution in [0, 0.1) is 13.8 Å². The van der Waals surface area contributed by atoms with E-state index in [0.717, 1.165) is 6.42 Å². The van der Waals surface area contributed by atoms with Crippen molar-refractivity contribution in [1.29, 1.82) is 0 Å². The highest BCUT2D eigenvalue weighted by Crippen LogP contribution is 2.22. The molecule has 5 nitrogen and oxygen atoms in total. The Morgan fingerprint density at radius 1 is 1.30 bits per heavy atom. The van der Waals surface area contributed by atoms with Crippen LogP contribution in [-0.4, -0.2) is 28.2 Å². The van der Waals surface area contributed by atoms with E-state index in [1.165, 1.54) is 0 Å². The average molecular weight is 298 g/mol. The normalized spacial score (nSPS) is 11.5. The van der Waals surface area contributed by atoms with Gasteiger partial charge >= 0.3 is 0 Å². The standard InChI is InChI=1S/C14H22N2O3S/c1-4-5-7-19-8-6-16-20(17,18)14-11(2)9-13(15)10-12(14)3/h4,9-10,16H,1,5-8,15H2,2-3H3. The average Bonchev–Trinajstić information content (AvgIpc) is 2.31. The lowest BCUT2D eigenvalue weighted by atomic mass is 10.1. The Morgan fingerprint density at radius 2 is 1.90 bits per heavy atom. The van der Waals surface area contributed by atoms with E-state index in [0.29, 0.717) is 30.0 Å². The lowest BCUT2D eigenvalue weighted by molar-refractivity contribution is 0.144. The largest absolute Gasteiger partial charge is 0.399 e. The molecule has 0 unspecified atom stereocenters. The molecule has 0 bridgehead atoms. The van der Waals surface area contributed by atoms with E-state index >= 15 is 0 Å². The highest BCUT2D eigenvalue weighted by molar-refractivity contribution is 7.89. The zero-order valence-electron chi connectivity index (χ0n) is 12.0. The second-order valence-corrected chi connectivity index (χ2v) is 6.28. The third kappa shape index (κ3) is 4.63. The fourth-order valence-corrected chi connectivity index (χ4v) is 3.46. The highest BCUT2D eigenvalue weighted by atomic mass is 32.2. The van der Waals surface area contributed by atoms with Crippen LogP contribution in [0.5, 0.6) is 0 Å². The van der Waals surface area contributed by atoms with Crippen LogP contribution in [0.3, 0.4) is 0 Å². The molecule has 1 aromatic carbocycles. The first-order chi connectivity index (χ1) is 9.38. The van der Waals surface area contributed by atoms with Gasteiger partial charge < -0.3 is 10.5 Å². The Balaban J connectivity index is 2.68. The predicted molar refractivity (Wildman–Crippen MR) is 81.1 cm³/mol. The number of ether oxygens (including phenoxy) is 1. The van der Waals surface area contributed by atoms with Crippen LogP contribution in [0.15, 0.2) is 29.7 Å². The van der Waals surface area contributed by atoms with Crippen LogP contribution in [-0.2, 0) is 14.8 Å². The molecule has 0 aliphatic rings. The SMILES string of the molecule is C=CCCOCCNS(=O)(=O)c1c(C)cc(N)cc1C. The number of anilines is 1. The zero-order valence-corrected chi connectivity index (χ0v) is 12.8. The van der Waals surface area contributed by atoms with Gasteiger partial charge in [0.15, 0.2) is 0 Å². The van der Waals surface area contributed by atoms with Crippen molar-refractivity contribution in [3.8, 4) is 0 Å². The molecule has 0 spiro atoms. The second kappa shape index (κ2) is 7.42. The molecule has 6 heteroatoms. The Kier molecular flexibility index (Phi) is 6.19. The number of hydrogen-bond donors (Lipinski definition) is 2. The van der Waals surface area contributed by atoms with Crippen molar-refractivity contribution in [2.75, 3.05) is 25.5 Å². The minimum absolute atomic E-state index is 0.239. The first-order valence-corrected chi connectivity index (χ1v) is 7.92. The lowest BCUT2D eigenvalue weighted by Gasteiger charge is -2.13. The summed E-state index contributed by atoms with van der Waals surface area (Å²) in [7, 11) is -3.54. The van der Waals surface area contributed by atoms with Crippen molar-refractivity contribution >= 4 is 15.7 Å². The van der Waals surface area contributed by atoms with Crippen molar-refractivity contribution in [3.05, 3.63) is 35.9 Å². The number of nitrogens with two attached hydrogens (primary N) is 1. The molecule has 20 heavy (non-hydrogen) atoms. The summed E-state index contributed by atoms with van der Waals surface area (Å²) in [4.78, 5) is 0.290. The number of hydrogen-bond acceptors (Lipinski definition) is 4. The fraction of sp³-hybridized carbons (Fsp3) is 0.429. The van der Waals surface area contributed by atoms with Crippen LogP contribution in [0.1, 0.15) is 17.5 Å². The first-order valence-electron chi connectivity index (χ1n) is 6.43. The number of aryl methyl sites for hydroxylation is 2. The van der Waals surface area contributed by atoms with Crippen molar-refractivity contribution < 1.29 is 13.2 Å². The molecule has 0 radical (unpaired) electrons. The third-order valence-electron chi connectivity index (χ3n) is 2.76. The molecule has 0 aromatic heterocycles. The van der Waals surface area contributed by atoms with Gasteiger partial charge in [-0.05, 0) is 43.5 Å². The quantitative estimate of drug-likeness (QED) is 0.435. The smallest absolute Gasteiger partial charge is 0.241 e. The van der Waals surface area contributed by atoms with E-state index in [4.69, 9.17) is 10.5 Å². The molecule has 0 aliphatic heterocycles. The summed E-state index contributed by atoms with van der Waals surface area (Å²) >= 11 is 0. The Bertz CT molecular complexity index is 545. The monoisotopic (exact) mass is 298 g/mol. The summed E-state index contributed by atoms with van der Waals surface area (Å²) in [5.74, 6) is 0. The molecular formula is C14H22N2O3S. The number of rotatable bonds is 8. The zero-order chi connectivity index (χ0) is 15.2. The maximum Gasteiger partial charge on any atom is 0.241 e. The summed E-state index contributed by atoms with van der Waals surface area (Å²) in [5.41, 5.74) is 7.54. The molecule has 0 amide bonds. The summed E-state index contributed by atoms with van der Waals surface area (Å²) in [6, 6.07) is 3.31. The second-order valence-electron chi connectivity index (χ2n) is 4.57. The summed E-state index contributed by atoms with van der Waals surface area (Å²) in [6.45, 7) is 8.17. The Hall–Kier alpha value is -1.37. The minimum atomic E-state index is -3.54. The van der Waals surface area contributed by atoms with Gasteiger partial charge in [0.05, 0.1) is 18.1 Å². The van der Waals surface area contributed by atoms with E-state index in [1.807, 2.05) is 0 Å². The first kappa shape index (κ1) is 16.7. The number of sulfonamides is 1. The van der Waals surface area contributed by atoms with Crippen molar-refractivity contribution in [3.63, 3.8) is 0 Å². The summed E-state index contributed by atoms with van der Waals surface area (Å²) < 4.78 is 32.3. The molecule has 1 aromatic rings. The molecule has 0 fully saturated rings. The van der Waals surface area contributed by atoms with Crippen LogP contribution in [0.25, 0.3) is 0 Å². The van der Waals surface area contributed by atoms with Gasteiger partial charge in [-0.1, -0.05) is 6.08 Å². The Labute approximate surface area is 120 Å². The highest BCUT2D eigenvalue weighted by Gasteiger charge is 2.19. The van der Waals surface area contributed by atoms with Crippen LogP contribution < -0.4 is 10.5 Å². The van der Waals surface area contributed by atoms with E-state index in [-0.39, 0.29) is 11.4 Å². The van der Waals surface area contributed by atoms with Gasteiger partial charge in [0.25, 0.3) is 0 Å². The molecule has 3 N–H and O–H groups in total. The van der Waals surface area contributed by atoms with Gasteiger partial charge in [0, 0.05) is 12.2 Å². The van der Waals surface area contributed by atoms with Gasteiger partial charge in [-0.15, -0.1) is 6.58 Å². The van der Waals surface area contributed by atoms with Crippen molar-refractivity contribution in [2.24, 2.45) is 0 Å². The Morgan fingerprint density at radius 3 is 2.45 bits per heavy atom. The fourth-order valence-electron chi connectivity index (χ4n) is 2.00. The molecule has 112 valence electrons. The molecule has 1 rings (SSSR count). The van der Waals surface area contributed by atoms with Gasteiger partial charge in [0.1, 0.15) is 0 Å². The van der Waals surface area contributed by atoms with Crippen LogP contribution in [0.2, 0.25) is 0 Å². The number of benzene rings is 1. The third-order valence-corrected chi connectivity index (χ3v) is 4.52. The van der Waals surface area contributed by atoms with Crippen LogP contribution in [0.4, 0.5) is 5.69 Å². The molecule has 0 heterocycles. The van der Waals surface area contributed by atoms with Gasteiger partial charge in [0.2, 0.25) is 10.0 Å². The summed E-state index contributed by atoms with van der Waals surface area (Å²) in [6.07, 6.45) is 2.51. The number of nitrogen functional groups attached to an aromatic ring is 1. The van der Waals surface area contributed by atoms with Gasteiger partial charge in [-0.3, -0.25) is 0 Å². The van der Waals surface area contributed by atoms with Gasteiger partial charge in [-0.2, -0.15) is 0 Å². The van der Waals surface area contributed by atoms with Crippen molar-refractivity contribution in [1.82, 2.24) is 4.72 Å². The summed E-state index contributed by atoms with van der Waals surface area (Å²) in [5, 5.41) is 0. The van der Waals surface area contributed by atoms with Gasteiger partial charge in [-0.25, -0.2) is 13.1 Å². The topological polar surface area (TPSA) is 81.4 Å². The molecule has 0 saturated heterocycles. The maximum absolute atomic E-state index is 12.3. The molecule has 0 atom stereocenters. The van der Waals surface area contributed by atoms with E-state index in [9.17, 15) is 8.42 Å². The minimum Gasteiger partial charge on any atom is -0.399 e. The predicted octanol–water partition coefficient (Wildman–Crippen LogP) is 1.76. The van der Waals surface area contributed by atoms with Crippen molar-refractivity contribution in [2.45, 2.75) is 25.2 Å². The van der Waals surface area contributed by atoms with E-state index in [1.54, 1.807) is 32.1 Å². The van der Waals surface area contributed by atoms with E-state index < -0.39 is 10.0 Å². The maximum atomic E-state index is 12.3. The molecule has 0 aliphatic carbocycles. The van der Waals surface area contributed by atoms with E-state index in [2.05, 4.69) is 11.3 Å². The molecular weight excluding hydrogens is 276 g/mol. The van der Waals surface area contributed by atoms with Crippen LogP contribution >= 0.6 is 0 Å².